The van der Waals surface area contributed by atoms with Crippen LogP contribution in [0.25, 0.3) is 33.4 Å². The molecular formula is C99H114BBrCl10FN24O12. The minimum Gasteiger partial charge on any atom is -0.535 e. The van der Waals surface area contributed by atoms with Crippen LogP contribution in [0, 0.1) is 47.4 Å². The first kappa shape index (κ1) is 123. The molecule has 6 amide bonds. The molecule has 2 saturated heterocycles. The van der Waals surface area contributed by atoms with Crippen LogP contribution in [0.5, 0.6) is 5.75 Å². The van der Waals surface area contributed by atoms with Gasteiger partial charge in [0.05, 0.1) is 105 Å². The van der Waals surface area contributed by atoms with Gasteiger partial charge in [-0.25, -0.2) is 62.4 Å². The molecule has 2 atom stereocenters. The molecule has 148 heavy (non-hydrogen) atoms. The van der Waals surface area contributed by atoms with Gasteiger partial charge in [-0.1, -0.05) is 163 Å². The molecule has 0 saturated carbocycles. The molecule has 1 radical (unpaired) electrons. The smallest absolute Gasteiger partial charge is 0.535 e. The van der Waals surface area contributed by atoms with Crippen molar-refractivity contribution >= 4 is 220 Å². The van der Waals surface area contributed by atoms with E-state index < -0.39 is 51.8 Å². The molecule has 1 aromatic carbocycles. The molecule has 789 valence electrons. The number of halogens is 12. The van der Waals surface area contributed by atoms with Crippen molar-refractivity contribution in [2.75, 3.05) is 66.7 Å². The van der Waals surface area contributed by atoms with Crippen molar-refractivity contribution < 1.29 is 47.5 Å². The molecule has 0 aliphatic carbocycles. The molecule has 2 aliphatic heterocycles. The highest BCUT2D eigenvalue weighted by Crippen LogP contribution is 2.36. The largest absolute Gasteiger partial charge is 0.569 e. The van der Waals surface area contributed by atoms with Crippen molar-refractivity contribution in [3.63, 3.8) is 0 Å². The number of nitrogens with zero attached hydrogens (tertiary/aromatic N) is 16. The first-order chi connectivity index (χ1) is 69.6. The van der Waals surface area contributed by atoms with E-state index in [-0.39, 0.29) is 97.1 Å². The first-order valence-electron chi connectivity index (χ1n) is 45.8. The maximum Gasteiger partial charge on any atom is 0.569 e. The normalized spacial score (nSPS) is 13.0. The third kappa shape index (κ3) is 34.8. The van der Waals surface area contributed by atoms with Gasteiger partial charge in [0.1, 0.15) is 58.3 Å². The number of amides is 6. The zero-order valence-corrected chi connectivity index (χ0v) is 93.6. The van der Waals surface area contributed by atoms with Gasteiger partial charge < -0.3 is 67.4 Å². The number of imide groups is 1. The van der Waals surface area contributed by atoms with Crippen molar-refractivity contribution in [3.05, 3.63) is 288 Å². The van der Waals surface area contributed by atoms with E-state index in [0.29, 0.717) is 97.9 Å². The van der Waals surface area contributed by atoms with Gasteiger partial charge in [-0.05, 0) is 251 Å². The van der Waals surface area contributed by atoms with Crippen LogP contribution < -0.4 is 65.4 Å². The van der Waals surface area contributed by atoms with E-state index in [1.54, 1.807) is 77.3 Å². The van der Waals surface area contributed by atoms with E-state index in [2.05, 4.69) is 117 Å². The maximum atomic E-state index is 13.5. The number of aryl methyl sites for hydroxylation is 11. The third-order valence-corrected chi connectivity index (χ3v) is 25.3. The van der Waals surface area contributed by atoms with Crippen molar-refractivity contribution in [2.45, 2.75) is 187 Å². The van der Waals surface area contributed by atoms with Gasteiger partial charge in [-0.3, -0.25) is 49.6 Å². The summed E-state index contributed by atoms with van der Waals surface area (Å²) >= 11 is 61.8. The molecule has 2 fully saturated rings. The Balaban J connectivity index is 0.000000236. The van der Waals surface area contributed by atoms with Gasteiger partial charge in [0, 0.05) is 88.5 Å². The second-order valence-electron chi connectivity index (χ2n) is 34.7. The Morgan fingerprint density at radius 2 is 0.932 bits per heavy atom. The maximum absolute atomic E-state index is 13.5. The molecule has 0 unspecified atom stereocenters. The standard InChI is InChI=1S/C25H30Cl2N6O3.C15H13Cl3N4O2.C15H12Cl2N4O2.C10H20N2O2.2C8H12N2.C6H5BFO2.C6H7BrN2.C6H3Cl3N2O/c1-7-18-19(14(2)8-9-28-18)33-22-16(12-17(26)20(27)29-22)21(30-23(33)34)32-11-10-31(13-15(32)3)24(35)36-25(4,5)6;1-3-10-11(7(2)4-5-19-10)20-15(24)22-14(23)8-6-9(16)13(18)21-12(8)17;1-3-10-11(7(2)4-5-18-10)21-13-8(14(22)20-15(21)23)6-9(16)12(17)19-13;1-8-7-12(6-5-11-8)9(13)14-10(2,3)4;2*1-3-7-8(9)6(2)4-5-10-7;8-5-3-1-2-4-6(5)10-7-9;1-4-2-3-9-6(7)5(4)8;7-3-1-2(6(10)12)4(8)11-5(3)9/h8-9,12,15H,7,10-11,13H2,1-6H3;4-6H,3H2,1-2H3,(H2,20,22,23,24);4-6H,3H2,1-2H3,(H,20,22,23);8,11H,5-7H2,1-4H3;2*4-5H,3,9H2,1-2H3;1-4,9H;2-3H,8H2,1H3;1H,(H2,10,12)/t15-;;;8-;;;;;/m0..0...../s1. The van der Waals surface area contributed by atoms with Crippen LogP contribution in [0.4, 0.5) is 47.3 Å². The van der Waals surface area contributed by atoms with E-state index >= 15 is 0 Å². The summed E-state index contributed by atoms with van der Waals surface area (Å²) in [6.45, 7) is 40.3. The average molecular weight is 2300 g/mol. The number of hydrogen-bond donors (Lipinski definition) is 9. The Morgan fingerprint density at radius 3 is 1.39 bits per heavy atom. The number of rotatable bonds is 13. The number of para-hydroxylation sites is 1. The monoisotopic (exact) mass is 2290 g/mol. The number of nitrogen functional groups attached to an aromatic ring is 3. The number of nitrogens with two attached hydrogens (primary N) is 4. The Labute approximate surface area is 914 Å². The van der Waals surface area contributed by atoms with Gasteiger partial charge in [0.2, 0.25) is 0 Å². The summed E-state index contributed by atoms with van der Waals surface area (Å²) in [7, 11) is 0.443. The van der Waals surface area contributed by atoms with Crippen molar-refractivity contribution in [1.29, 1.82) is 0 Å². The predicted molar refractivity (Wildman–Crippen MR) is 590 cm³/mol. The number of hydrogen-bond acceptors (Lipinski definition) is 28. The highest BCUT2D eigenvalue weighted by molar-refractivity contribution is 9.10. The van der Waals surface area contributed by atoms with Crippen molar-refractivity contribution in [2.24, 2.45) is 5.73 Å². The molecule has 15 rings (SSSR count). The molecule has 13 N–H and O–H groups in total. The molecule has 0 bridgehead atoms. The highest BCUT2D eigenvalue weighted by Gasteiger charge is 2.34. The summed E-state index contributed by atoms with van der Waals surface area (Å²) in [5.41, 5.74) is 34.1. The summed E-state index contributed by atoms with van der Waals surface area (Å²) in [5.74, 6) is -1.46. The van der Waals surface area contributed by atoms with E-state index in [1.807, 2.05) is 140 Å². The lowest BCUT2D eigenvalue weighted by Crippen LogP contribution is -2.55. The van der Waals surface area contributed by atoms with E-state index in [4.69, 9.17) is 153 Å². The number of H-pyrrole nitrogens is 1. The molecular weight excluding hydrogens is 2180 g/mol. The number of pyridine rings is 10. The lowest BCUT2D eigenvalue weighted by atomic mass is 10.1. The number of ether oxygens (including phenoxy) is 2. The molecule has 12 aromatic heterocycles. The topological polar surface area (TPSA) is 502 Å². The van der Waals surface area contributed by atoms with E-state index in [0.717, 1.165) is 105 Å². The fraction of sp³-hybridized carbons (Fsp3) is 0.343. The molecule has 49 heteroatoms. The summed E-state index contributed by atoms with van der Waals surface area (Å²) in [6.07, 6.45) is 13.5. The van der Waals surface area contributed by atoms with Crippen LogP contribution in [0.15, 0.2) is 141 Å². The summed E-state index contributed by atoms with van der Waals surface area (Å²) in [6, 6.07) is 22.1. The SMILES string of the molecule is CCc1nccc(C)c1-n1c(=O)[nH]c(=O)c2cc(Cl)c(Cl)nc21.CCc1nccc(C)c1-n1c(=O)nc(N2CCN(C(=O)OC(C)(C)C)C[C@@H]2C)c2cc(Cl)c(Cl)nc21.CCc1nccc(C)c1N.CCc1nccc(C)c1N.CCc1nccc(C)c1NC(=O)NC(=O)c1cc(Cl)c(Cl)nc1Cl.C[C@H]1CN(C(=O)OC(C)(C)C)CCN1.Cc1ccnc(Br)c1N.NC(=O)c1cc(Cl)c(Cl)nc1Cl.O[B]Oc1ccccc1F. The number of primary amides is 1. The Kier molecular flexibility index (Phi) is 47.5. The van der Waals surface area contributed by atoms with Crippen LogP contribution in [0.1, 0.15) is 173 Å². The van der Waals surface area contributed by atoms with E-state index in [9.17, 15) is 42.7 Å². The Morgan fingerprint density at radius 1 is 0.514 bits per heavy atom. The van der Waals surface area contributed by atoms with Crippen molar-refractivity contribution in [1.82, 2.24) is 89.4 Å². The number of anilines is 5. The number of urea groups is 1. The molecule has 0 spiro atoms. The Hall–Kier alpha value is -12.0. The molecule has 2 aliphatic rings. The molecule has 36 nitrogen and oxygen atoms in total. The zero-order chi connectivity index (χ0) is 110. The zero-order valence-electron chi connectivity index (χ0n) is 84.5. The predicted octanol–water partition coefficient (Wildman–Crippen LogP) is 20.6. The van der Waals surface area contributed by atoms with Crippen LogP contribution in [-0.2, 0) is 41.6 Å². The number of carbonyl (C=O) groups excluding carboxylic acids is 5. The van der Waals surface area contributed by atoms with Gasteiger partial charge >= 0.3 is 37.3 Å². The number of carbonyl (C=O) groups is 5. The summed E-state index contributed by atoms with van der Waals surface area (Å²) in [4.78, 5) is 151. The number of benzene rings is 1. The fourth-order valence-corrected chi connectivity index (χ4v) is 16.0. The van der Waals surface area contributed by atoms with Gasteiger partial charge in [0.25, 0.3) is 17.4 Å². The summed E-state index contributed by atoms with van der Waals surface area (Å²) in [5, 5.41) is 17.5. The quantitative estimate of drug-likeness (QED) is 0.0382. The van der Waals surface area contributed by atoms with Gasteiger partial charge in [-0.2, -0.15) is 4.98 Å². The second-order valence-corrected chi connectivity index (χ2v) is 39.2. The number of aromatic amines is 1. The minimum atomic E-state index is -0.747. The number of piperazine rings is 2. The highest BCUT2D eigenvalue weighted by atomic mass is 79.9. The van der Waals surface area contributed by atoms with Crippen LogP contribution >= 0.6 is 132 Å². The van der Waals surface area contributed by atoms with Gasteiger partial charge in [0.15, 0.2) is 17.1 Å². The van der Waals surface area contributed by atoms with E-state index in [1.165, 1.54) is 39.5 Å². The number of nitrogens with one attached hydrogen (secondary N) is 4. The van der Waals surface area contributed by atoms with Gasteiger partial charge in [-0.15, -0.1) is 0 Å². The lowest BCUT2D eigenvalue weighted by molar-refractivity contribution is 0.0197. The van der Waals surface area contributed by atoms with Crippen molar-refractivity contribution in [3.8, 4) is 17.1 Å². The van der Waals surface area contributed by atoms with Crippen LogP contribution in [-0.4, -0.2) is 184 Å². The first-order valence-corrected chi connectivity index (χ1v) is 50.4. The third-order valence-electron chi connectivity index (χ3n) is 21.4. The number of aromatic nitrogens is 14. The average Bonchev–Trinajstić information content (AvgIpc) is 0.719. The lowest BCUT2D eigenvalue weighted by Gasteiger charge is -2.41. The van der Waals surface area contributed by atoms with Crippen LogP contribution in [0.3, 0.4) is 0 Å². The minimum absolute atomic E-state index is 0.0185. The summed E-state index contributed by atoms with van der Waals surface area (Å²) < 4.78 is 31.2. The van der Waals surface area contributed by atoms with Crippen LogP contribution in [0.2, 0.25) is 51.0 Å². The molecule has 13 aromatic rings. The number of fused-ring (bicyclic) bond motifs is 2. The fourth-order valence-electron chi connectivity index (χ4n) is 13.9. The molecule has 14 heterocycles. The Bertz CT molecular complexity index is 7050. The second kappa shape index (κ2) is 57.2.